The van der Waals surface area contributed by atoms with E-state index in [1.165, 1.54) is 0 Å². The topological polar surface area (TPSA) is 81.3 Å². The molecule has 0 saturated heterocycles. The molecule has 0 bridgehead atoms. The van der Waals surface area contributed by atoms with Crippen LogP contribution in [0.5, 0.6) is 0 Å². The number of nitrogens with zero attached hydrogens (tertiary/aromatic N) is 4. The van der Waals surface area contributed by atoms with Crippen LogP contribution in [-0.2, 0) is 17.1 Å². The van der Waals surface area contributed by atoms with Gasteiger partial charge in [-0.05, 0) is 38.1 Å². The molecule has 0 spiro atoms. The first-order valence-electron chi connectivity index (χ1n) is 8.42. The highest BCUT2D eigenvalue weighted by atomic mass is 32.2. The molecule has 0 amide bonds. The number of hydrogen-bond donors (Lipinski definition) is 1. The molecule has 3 heterocycles. The standard InChI is InChI=1S/C19H19N5O2S/c1-13-19(14(2)23(3)21-13)27(25,26)22-16-8-6-7-15(11-16)17-12-24-10-5-4-9-18(24)20-17/h4-12,22H,1-3H3. The van der Waals surface area contributed by atoms with E-state index in [0.717, 1.165) is 16.9 Å². The highest BCUT2D eigenvalue weighted by Gasteiger charge is 2.24. The van der Waals surface area contributed by atoms with Gasteiger partial charge in [0.15, 0.2) is 0 Å². The van der Waals surface area contributed by atoms with Crippen LogP contribution in [0.4, 0.5) is 5.69 Å². The Balaban J connectivity index is 1.70. The average molecular weight is 381 g/mol. The van der Waals surface area contributed by atoms with Gasteiger partial charge < -0.3 is 4.40 Å². The monoisotopic (exact) mass is 381 g/mol. The second-order valence-electron chi connectivity index (χ2n) is 6.40. The summed E-state index contributed by atoms with van der Waals surface area (Å²) in [6.45, 7) is 3.43. The van der Waals surface area contributed by atoms with Crippen LogP contribution in [0.25, 0.3) is 16.9 Å². The third-order valence-corrected chi connectivity index (χ3v) is 6.12. The summed E-state index contributed by atoms with van der Waals surface area (Å²) < 4.78 is 31.9. The summed E-state index contributed by atoms with van der Waals surface area (Å²) in [6, 6.07) is 13.0. The Morgan fingerprint density at radius 2 is 1.89 bits per heavy atom. The van der Waals surface area contributed by atoms with Crippen molar-refractivity contribution in [2.45, 2.75) is 18.7 Å². The number of sulfonamides is 1. The van der Waals surface area contributed by atoms with E-state index in [4.69, 9.17) is 0 Å². The van der Waals surface area contributed by atoms with E-state index in [2.05, 4.69) is 14.8 Å². The Bertz CT molecular complexity index is 1220. The second kappa shape index (κ2) is 6.24. The van der Waals surface area contributed by atoms with Crippen LogP contribution in [0.3, 0.4) is 0 Å². The largest absolute Gasteiger partial charge is 0.306 e. The number of benzene rings is 1. The Kier molecular flexibility index (Phi) is 4.00. The summed E-state index contributed by atoms with van der Waals surface area (Å²) in [4.78, 5) is 4.79. The van der Waals surface area contributed by atoms with Crippen molar-refractivity contribution in [3.8, 4) is 11.3 Å². The van der Waals surface area contributed by atoms with E-state index < -0.39 is 10.0 Å². The summed E-state index contributed by atoms with van der Waals surface area (Å²) in [7, 11) is -2.01. The number of pyridine rings is 1. The van der Waals surface area contributed by atoms with Crippen molar-refractivity contribution in [2.24, 2.45) is 7.05 Å². The van der Waals surface area contributed by atoms with Crippen LogP contribution in [-0.4, -0.2) is 27.6 Å². The number of imidazole rings is 1. The number of anilines is 1. The highest BCUT2D eigenvalue weighted by Crippen LogP contribution is 2.26. The molecule has 138 valence electrons. The van der Waals surface area contributed by atoms with Gasteiger partial charge in [-0.25, -0.2) is 13.4 Å². The van der Waals surface area contributed by atoms with Gasteiger partial charge in [0.05, 0.1) is 17.1 Å². The first-order valence-corrected chi connectivity index (χ1v) is 9.91. The molecule has 4 aromatic rings. The third kappa shape index (κ3) is 3.08. The van der Waals surface area contributed by atoms with E-state index in [9.17, 15) is 8.42 Å². The first-order chi connectivity index (χ1) is 12.8. The third-order valence-electron chi connectivity index (χ3n) is 4.49. The lowest BCUT2D eigenvalue weighted by Crippen LogP contribution is -2.15. The normalized spacial score (nSPS) is 11.8. The minimum atomic E-state index is -3.74. The Hall–Kier alpha value is -3.13. The van der Waals surface area contributed by atoms with E-state index in [-0.39, 0.29) is 4.90 Å². The molecule has 0 fully saturated rings. The molecular formula is C19H19N5O2S. The molecule has 0 atom stereocenters. The molecule has 0 saturated carbocycles. The molecule has 0 aliphatic rings. The molecule has 0 aliphatic heterocycles. The van der Waals surface area contributed by atoms with Gasteiger partial charge in [-0.3, -0.25) is 9.40 Å². The number of hydrogen-bond acceptors (Lipinski definition) is 4. The summed E-state index contributed by atoms with van der Waals surface area (Å²) in [5.74, 6) is 0. The maximum atomic E-state index is 12.9. The molecule has 0 unspecified atom stereocenters. The Morgan fingerprint density at radius 1 is 1.07 bits per heavy atom. The van der Waals surface area contributed by atoms with E-state index in [0.29, 0.717) is 17.1 Å². The molecule has 3 aromatic heterocycles. The van der Waals surface area contributed by atoms with Gasteiger partial charge in [0.25, 0.3) is 10.0 Å². The quantitative estimate of drug-likeness (QED) is 0.589. The summed E-state index contributed by atoms with van der Waals surface area (Å²) >= 11 is 0. The predicted molar refractivity (Wildman–Crippen MR) is 104 cm³/mol. The summed E-state index contributed by atoms with van der Waals surface area (Å²) in [5.41, 5.74) is 3.98. The lowest BCUT2D eigenvalue weighted by atomic mass is 10.1. The van der Waals surface area contributed by atoms with Crippen LogP contribution in [0.2, 0.25) is 0 Å². The van der Waals surface area contributed by atoms with Crippen molar-refractivity contribution in [2.75, 3.05) is 4.72 Å². The van der Waals surface area contributed by atoms with Crippen molar-refractivity contribution < 1.29 is 8.42 Å². The molecule has 1 aromatic carbocycles. The van der Waals surface area contributed by atoms with Crippen molar-refractivity contribution in [3.05, 3.63) is 66.2 Å². The smallest absolute Gasteiger partial charge is 0.265 e. The number of fused-ring (bicyclic) bond motifs is 1. The number of aromatic nitrogens is 4. The zero-order valence-corrected chi connectivity index (χ0v) is 16.0. The van der Waals surface area contributed by atoms with Gasteiger partial charge in [0.1, 0.15) is 10.5 Å². The predicted octanol–water partition coefficient (Wildman–Crippen LogP) is 3.15. The van der Waals surface area contributed by atoms with Crippen molar-refractivity contribution in [1.82, 2.24) is 19.2 Å². The summed E-state index contributed by atoms with van der Waals surface area (Å²) in [5, 5.41) is 4.19. The molecule has 0 aliphatic carbocycles. The zero-order chi connectivity index (χ0) is 19.2. The van der Waals surface area contributed by atoms with Crippen molar-refractivity contribution in [1.29, 1.82) is 0 Å². The van der Waals surface area contributed by atoms with Crippen LogP contribution in [0, 0.1) is 13.8 Å². The Morgan fingerprint density at radius 3 is 2.59 bits per heavy atom. The van der Waals surface area contributed by atoms with Gasteiger partial charge >= 0.3 is 0 Å². The molecule has 27 heavy (non-hydrogen) atoms. The van der Waals surface area contributed by atoms with Gasteiger partial charge in [0.2, 0.25) is 0 Å². The van der Waals surface area contributed by atoms with E-state index in [1.807, 2.05) is 41.1 Å². The SMILES string of the molecule is Cc1nn(C)c(C)c1S(=O)(=O)Nc1cccc(-c2cn3ccccc3n2)c1. The Labute approximate surface area is 157 Å². The number of aryl methyl sites for hydroxylation is 2. The lowest BCUT2D eigenvalue weighted by molar-refractivity contribution is 0.599. The van der Waals surface area contributed by atoms with Gasteiger partial charge in [0, 0.05) is 30.7 Å². The number of nitrogens with one attached hydrogen (secondary N) is 1. The molecule has 8 heteroatoms. The van der Waals surface area contributed by atoms with Crippen molar-refractivity contribution in [3.63, 3.8) is 0 Å². The minimum absolute atomic E-state index is 0.211. The van der Waals surface area contributed by atoms with Crippen LogP contribution < -0.4 is 4.72 Å². The fraction of sp³-hybridized carbons (Fsp3) is 0.158. The molecule has 0 radical (unpaired) electrons. The second-order valence-corrected chi connectivity index (χ2v) is 8.02. The first kappa shape index (κ1) is 17.3. The molecule has 1 N–H and O–H groups in total. The molecular weight excluding hydrogens is 362 g/mol. The fourth-order valence-corrected chi connectivity index (χ4v) is 4.66. The highest BCUT2D eigenvalue weighted by molar-refractivity contribution is 7.92. The van der Waals surface area contributed by atoms with Crippen LogP contribution in [0.15, 0.2) is 59.8 Å². The van der Waals surface area contributed by atoms with Crippen LogP contribution in [0.1, 0.15) is 11.4 Å². The molecule has 7 nitrogen and oxygen atoms in total. The minimum Gasteiger partial charge on any atom is -0.306 e. The van der Waals surface area contributed by atoms with E-state index in [1.54, 1.807) is 43.8 Å². The zero-order valence-electron chi connectivity index (χ0n) is 15.2. The number of rotatable bonds is 4. The van der Waals surface area contributed by atoms with Crippen molar-refractivity contribution >= 4 is 21.4 Å². The maximum absolute atomic E-state index is 12.9. The van der Waals surface area contributed by atoms with Gasteiger partial charge in [-0.15, -0.1) is 0 Å². The summed E-state index contributed by atoms with van der Waals surface area (Å²) in [6.07, 6.45) is 3.84. The maximum Gasteiger partial charge on any atom is 0.265 e. The molecule has 4 rings (SSSR count). The van der Waals surface area contributed by atoms with Gasteiger partial charge in [-0.2, -0.15) is 5.10 Å². The van der Waals surface area contributed by atoms with Gasteiger partial charge in [-0.1, -0.05) is 18.2 Å². The van der Waals surface area contributed by atoms with Crippen LogP contribution >= 0.6 is 0 Å². The lowest BCUT2D eigenvalue weighted by Gasteiger charge is -2.09. The average Bonchev–Trinajstić information content (AvgIpc) is 3.15. The fourth-order valence-electron chi connectivity index (χ4n) is 3.17. The van der Waals surface area contributed by atoms with E-state index >= 15 is 0 Å².